The Balaban J connectivity index is 1.50. The van der Waals surface area contributed by atoms with Crippen LogP contribution >= 0.6 is 11.3 Å². The molecule has 1 saturated heterocycles. The van der Waals surface area contributed by atoms with E-state index in [4.69, 9.17) is 4.74 Å². The molecule has 1 aromatic heterocycles. The van der Waals surface area contributed by atoms with Gasteiger partial charge in [-0.3, -0.25) is 0 Å². The van der Waals surface area contributed by atoms with Crippen molar-refractivity contribution < 1.29 is 4.74 Å². The molecule has 108 valence electrons. The smallest absolute Gasteiger partial charge is 0.183 e. The standard InChI is InChI=1S/C15H21N3OS/c1-19-9-8-18-7-6-12(11-18)10-16-15-17-13-4-2-3-5-14(13)20-15/h2-5,12H,6-11H2,1H3,(H,16,17). The van der Waals surface area contributed by atoms with Gasteiger partial charge >= 0.3 is 0 Å². The number of methoxy groups -OCH3 is 1. The van der Waals surface area contributed by atoms with Crippen molar-refractivity contribution in [3.8, 4) is 0 Å². The maximum atomic E-state index is 5.14. The highest BCUT2D eigenvalue weighted by Crippen LogP contribution is 2.26. The van der Waals surface area contributed by atoms with Crippen LogP contribution in [0.1, 0.15) is 6.42 Å². The van der Waals surface area contributed by atoms with Gasteiger partial charge in [0.05, 0.1) is 16.8 Å². The van der Waals surface area contributed by atoms with Gasteiger partial charge in [-0.15, -0.1) is 0 Å². The van der Waals surface area contributed by atoms with Crippen LogP contribution in [-0.2, 0) is 4.74 Å². The Hall–Kier alpha value is -1.17. The third-order valence-electron chi connectivity index (χ3n) is 3.82. The minimum Gasteiger partial charge on any atom is -0.383 e. The first-order valence-corrected chi connectivity index (χ1v) is 7.97. The fraction of sp³-hybridized carbons (Fsp3) is 0.533. The summed E-state index contributed by atoms with van der Waals surface area (Å²) >= 11 is 1.74. The van der Waals surface area contributed by atoms with E-state index in [-0.39, 0.29) is 0 Å². The number of aromatic nitrogens is 1. The molecule has 4 nitrogen and oxygen atoms in total. The normalized spacial score (nSPS) is 19.8. The Labute approximate surface area is 123 Å². The van der Waals surface area contributed by atoms with Gasteiger partial charge < -0.3 is 15.0 Å². The lowest BCUT2D eigenvalue weighted by Gasteiger charge is -2.15. The van der Waals surface area contributed by atoms with Crippen LogP contribution in [-0.4, -0.2) is 49.8 Å². The van der Waals surface area contributed by atoms with E-state index < -0.39 is 0 Å². The Morgan fingerprint density at radius 2 is 2.35 bits per heavy atom. The molecule has 0 bridgehead atoms. The summed E-state index contributed by atoms with van der Waals surface area (Å²) in [5.74, 6) is 0.721. The van der Waals surface area contributed by atoms with Gasteiger partial charge in [-0.05, 0) is 31.0 Å². The maximum absolute atomic E-state index is 5.14. The van der Waals surface area contributed by atoms with Gasteiger partial charge in [-0.1, -0.05) is 23.5 Å². The van der Waals surface area contributed by atoms with E-state index in [1.807, 2.05) is 6.07 Å². The van der Waals surface area contributed by atoms with E-state index in [2.05, 4.69) is 33.4 Å². The number of hydrogen-bond acceptors (Lipinski definition) is 5. The molecule has 1 aliphatic rings. The Morgan fingerprint density at radius 3 is 3.20 bits per heavy atom. The monoisotopic (exact) mass is 291 g/mol. The molecule has 1 aliphatic heterocycles. The average molecular weight is 291 g/mol. The highest BCUT2D eigenvalue weighted by molar-refractivity contribution is 7.22. The molecular weight excluding hydrogens is 270 g/mol. The number of nitrogens with one attached hydrogen (secondary N) is 1. The summed E-state index contributed by atoms with van der Waals surface area (Å²) in [5.41, 5.74) is 1.09. The number of likely N-dealkylation sites (tertiary alicyclic amines) is 1. The SMILES string of the molecule is COCCN1CCC(CNc2nc3ccccc3s2)C1. The number of fused-ring (bicyclic) bond motifs is 1. The molecule has 0 radical (unpaired) electrons. The summed E-state index contributed by atoms with van der Waals surface area (Å²) in [5, 5.41) is 4.55. The van der Waals surface area contributed by atoms with E-state index in [1.54, 1.807) is 18.4 Å². The topological polar surface area (TPSA) is 37.4 Å². The molecule has 3 rings (SSSR count). The van der Waals surface area contributed by atoms with E-state index >= 15 is 0 Å². The van der Waals surface area contributed by atoms with Crippen LogP contribution in [0.25, 0.3) is 10.2 Å². The lowest BCUT2D eigenvalue weighted by molar-refractivity contribution is 0.159. The molecule has 0 saturated carbocycles. The van der Waals surface area contributed by atoms with Crippen LogP contribution in [0.5, 0.6) is 0 Å². The predicted octanol–water partition coefficient (Wildman–Crippen LogP) is 2.68. The molecule has 0 amide bonds. The van der Waals surface area contributed by atoms with Gasteiger partial charge in [-0.25, -0.2) is 4.98 Å². The van der Waals surface area contributed by atoms with Crippen LogP contribution in [0.2, 0.25) is 0 Å². The van der Waals surface area contributed by atoms with Crippen molar-refractivity contribution in [3.05, 3.63) is 24.3 Å². The molecule has 5 heteroatoms. The Bertz CT molecular complexity index is 524. The second-order valence-electron chi connectivity index (χ2n) is 5.32. The van der Waals surface area contributed by atoms with E-state index in [9.17, 15) is 0 Å². The zero-order valence-corrected chi connectivity index (χ0v) is 12.7. The van der Waals surface area contributed by atoms with Crippen LogP contribution in [0.3, 0.4) is 0 Å². The molecule has 1 fully saturated rings. The molecular formula is C15H21N3OS. The summed E-state index contributed by atoms with van der Waals surface area (Å²) < 4.78 is 6.39. The summed E-state index contributed by atoms with van der Waals surface area (Å²) in [6.45, 7) is 5.26. The number of rotatable bonds is 6. The van der Waals surface area contributed by atoms with Crippen molar-refractivity contribution in [2.45, 2.75) is 6.42 Å². The fourth-order valence-electron chi connectivity index (χ4n) is 2.68. The molecule has 1 N–H and O–H groups in total. The van der Waals surface area contributed by atoms with Crippen molar-refractivity contribution in [2.24, 2.45) is 5.92 Å². The van der Waals surface area contributed by atoms with Crippen LogP contribution in [0.4, 0.5) is 5.13 Å². The first kappa shape index (κ1) is 13.8. The average Bonchev–Trinajstić information content (AvgIpc) is 3.09. The van der Waals surface area contributed by atoms with E-state index in [1.165, 1.54) is 24.2 Å². The minimum absolute atomic E-state index is 0.721. The van der Waals surface area contributed by atoms with Crippen LogP contribution in [0.15, 0.2) is 24.3 Å². The van der Waals surface area contributed by atoms with Gasteiger partial charge in [0.15, 0.2) is 5.13 Å². The third kappa shape index (κ3) is 3.29. The van der Waals surface area contributed by atoms with Crippen molar-refractivity contribution in [3.63, 3.8) is 0 Å². The van der Waals surface area contributed by atoms with Crippen molar-refractivity contribution in [2.75, 3.05) is 45.2 Å². The van der Waals surface area contributed by atoms with Crippen molar-refractivity contribution in [1.82, 2.24) is 9.88 Å². The summed E-state index contributed by atoms with van der Waals surface area (Å²) in [7, 11) is 1.77. The highest BCUT2D eigenvalue weighted by Gasteiger charge is 2.21. The number of benzene rings is 1. The molecule has 2 aromatic rings. The second kappa shape index (κ2) is 6.52. The lowest BCUT2D eigenvalue weighted by atomic mass is 10.1. The molecule has 0 aliphatic carbocycles. The first-order chi connectivity index (χ1) is 9.85. The number of thiazole rings is 1. The van der Waals surface area contributed by atoms with Gasteiger partial charge in [0.25, 0.3) is 0 Å². The number of nitrogens with zero attached hydrogens (tertiary/aromatic N) is 2. The fourth-order valence-corrected chi connectivity index (χ4v) is 3.56. The number of ether oxygens (including phenoxy) is 1. The lowest BCUT2D eigenvalue weighted by Crippen LogP contribution is -2.26. The summed E-state index contributed by atoms with van der Waals surface area (Å²) in [6, 6.07) is 8.30. The highest BCUT2D eigenvalue weighted by atomic mass is 32.1. The second-order valence-corrected chi connectivity index (χ2v) is 6.35. The zero-order valence-electron chi connectivity index (χ0n) is 11.8. The van der Waals surface area contributed by atoms with E-state index in [0.717, 1.165) is 36.3 Å². The van der Waals surface area contributed by atoms with Gasteiger partial charge in [0, 0.05) is 26.7 Å². The van der Waals surface area contributed by atoms with E-state index in [0.29, 0.717) is 0 Å². The van der Waals surface area contributed by atoms with Gasteiger partial charge in [0.2, 0.25) is 0 Å². The Kier molecular flexibility index (Phi) is 4.50. The first-order valence-electron chi connectivity index (χ1n) is 7.16. The molecule has 1 aromatic carbocycles. The largest absolute Gasteiger partial charge is 0.383 e. The molecule has 1 atom stereocenters. The molecule has 1 unspecified atom stereocenters. The molecule has 0 spiro atoms. The van der Waals surface area contributed by atoms with Crippen molar-refractivity contribution >= 4 is 26.7 Å². The van der Waals surface area contributed by atoms with Crippen molar-refractivity contribution in [1.29, 1.82) is 0 Å². The predicted molar refractivity (Wildman–Crippen MR) is 84.5 cm³/mol. The summed E-state index contributed by atoms with van der Waals surface area (Å²) in [6.07, 6.45) is 1.27. The zero-order chi connectivity index (χ0) is 13.8. The number of anilines is 1. The number of hydrogen-bond donors (Lipinski definition) is 1. The van der Waals surface area contributed by atoms with Gasteiger partial charge in [-0.2, -0.15) is 0 Å². The van der Waals surface area contributed by atoms with Gasteiger partial charge in [0.1, 0.15) is 0 Å². The number of para-hydroxylation sites is 1. The third-order valence-corrected chi connectivity index (χ3v) is 4.81. The molecule has 20 heavy (non-hydrogen) atoms. The molecule has 2 heterocycles. The maximum Gasteiger partial charge on any atom is 0.183 e. The Morgan fingerprint density at radius 1 is 1.45 bits per heavy atom. The van der Waals surface area contributed by atoms with Crippen LogP contribution in [0, 0.1) is 5.92 Å². The quantitative estimate of drug-likeness (QED) is 0.888. The van der Waals surface area contributed by atoms with Crippen LogP contribution < -0.4 is 5.32 Å². The minimum atomic E-state index is 0.721. The summed E-state index contributed by atoms with van der Waals surface area (Å²) in [4.78, 5) is 7.10.